The van der Waals surface area contributed by atoms with E-state index >= 15 is 0 Å². The molecule has 2 atom stereocenters. The van der Waals surface area contributed by atoms with Crippen molar-refractivity contribution >= 4 is 48.3 Å². The van der Waals surface area contributed by atoms with Gasteiger partial charge < -0.3 is 5.32 Å². The molecule has 2 bridgehead atoms. The number of fused-ring (bicyclic) bond motifs is 2. The summed E-state index contributed by atoms with van der Waals surface area (Å²) in [6.07, 6.45) is 3.44. The third-order valence-electron chi connectivity index (χ3n) is 3.80. The standard InChI is InChI=1S/C11H15BrN4O3S2/c1-6(17)13-10-14-15-11(20-10)21(18,19)16-8-2-3-9(16)5-7(12)4-8/h7-9H,2-5H2,1H3,(H,13,14,17). The van der Waals surface area contributed by atoms with E-state index in [1.54, 1.807) is 4.31 Å². The molecular formula is C11H15BrN4O3S2. The number of anilines is 1. The van der Waals surface area contributed by atoms with Gasteiger partial charge in [-0.2, -0.15) is 4.31 Å². The number of aromatic nitrogens is 2. The van der Waals surface area contributed by atoms with Crippen molar-refractivity contribution in [1.29, 1.82) is 0 Å². The molecule has 0 aromatic carbocycles. The summed E-state index contributed by atoms with van der Waals surface area (Å²) < 4.78 is 27.1. The Bertz CT molecular complexity index is 648. The minimum atomic E-state index is -3.63. The Morgan fingerprint density at radius 2 is 1.95 bits per heavy atom. The highest BCUT2D eigenvalue weighted by Crippen LogP contribution is 2.42. The smallest absolute Gasteiger partial charge is 0.272 e. The highest BCUT2D eigenvalue weighted by atomic mass is 79.9. The summed E-state index contributed by atoms with van der Waals surface area (Å²) in [4.78, 5) is 11.4. The van der Waals surface area contributed by atoms with Crippen molar-refractivity contribution in [2.45, 2.75) is 53.9 Å². The third-order valence-corrected chi connectivity index (χ3v) is 7.73. The van der Waals surface area contributed by atoms with Crippen LogP contribution in [0.2, 0.25) is 0 Å². The average Bonchev–Trinajstić information content (AvgIpc) is 2.93. The van der Waals surface area contributed by atoms with Gasteiger partial charge in [0, 0.05) is 23.8 Å². The first kappa shape index (κ1) is 15.3. The van der Waals surface area contributed by atoms with Crippen molar-refractivity contribution in [2.24, 2.45) is 0 Å². The van der Waals surface area contributed by atoms with Gasteiger partial charge in [-0.15, -0.1) is 10.2 Å². The maximum absolute atomic E-state index is 12.8. The average molecular weight is 395 g/mol. The van der Waals surface area contributed by atoms with Gasteiger partial charge in [0.05, 0.1) is 0 Å². The number of amides is 1. The highest BCUT2D eigenvalue weighted by molar-refractivity contribution is 9.09. The van der Waals surface area contributed by atoms with Crippen LogP contribution in [-0.2, 0) is 14.8 Å². The van der Waals surface area contributed by atoms with Crippen LogP contribution in [0.3, 0.4) is 0 Å². The normalized spacial score (nSPS) is 29.5. The largest absolute Gasteiger partial charge is 0.301 e. The van der Waals surface area contributed by atoms with Crippen LogP contribution in [0, 0.1) is 0 Å². The molecule has 10 heteroatoms. The lowest BCUT2D eigenvalue weighted by Crippen LogP contribution is -2.46. The molecule has 2 saturated heterocycles. The second-order valence-electron chi connectivity index (χ2n) is 5.34. The molecule has 2 aliphatic heterocycles. The van der Waals surface area contributed by atoms with Crippen molar-refractivity contribution < 1.29 is 13.2 Å². The molecule has 2 aliphatic rings. The van der Waals surface area contributed by atoms with Crippen molar-refractivity contribution in [1.82, 2.24) is 14.5 Å². The minimum Gasteiger partial charge on any atom is -0.301 e. The zero-order chi connectivity index (χ0) is 15.2. The van der Waals surface area contributed by atoms with E-state index in [2.05, 4.69) is 31.4 Å². The van der Waals surface area contributed by atoms with Gasteiger partial charge >= 0.3 is 0 Å². The number of rotatable bonds is 3. The molecule has 1 aromatic rings. The Morgan fingerprint density at radius 3 is 2.52 bits per heavy atom. The monoisotopic (exact) mass is 394 g/mol. The number of carbonyl (C=O) groups excluding carboxylic acids is 1. The van der Waals surface area contributed by atoms with Crippen LogP contribution in [0.15, 0.2) is 4.34 Å². The zero-order valence-electron chi connectivity index (χ0n) is 11.3. The van der Waals surface area contributed by atoms with E-state index in [0.717, 1.165) is 37.0 Å². The number of alkyl halides is 1. The first-order valence-corrected chi connectivity index (χ1v) is 9.84. The lowest BCUT2D eigenvalue weighted by atomic mass is 10.1. The number of hydrogen-bond donors (Lipinski definition) is 1. The van der Waals surface area contributed by atoms with Crippen molar-refractivity contribution in [3.05, 3.63) is 0 Å². The van der Waals surface area contributed by atoms with Gasteiger partial charge in [0.15, 0.2) is 0 Å². The van der Waals surface area contributed by atoms with Gasteiger partial charge in [-0.25, -0.2) is 8.42 Å². The number of piperidine rings is 1. The molecule has 0 spiro atoms. The van der Waals surface area contributed by atoms with Crippen LogP contribution in [0.25, 0.3) is 0 Å². The Balaban J connectivity index is 1.87. The second kappa shape index (κ2) is 5.56. The van der Waals surface area contributed by atoms with Gasteiger partial charge in [-0.1, -0.05) is 27.3 Å². The SMILES string of the molecule is CC(=O)Nc1nnc(S(=O)(=O)N2C3CCC2CC(Br)C3)s1. The first-order valence-electron chi connectivity index (χ1n) is 6.66. The molecule has 116 valence electrons. The number of carbonyl (C=O) groups is 1. The molecule has 21 heavy (non-hydrogen) atoms. The summed E-state index contributed by atoms with van der Waals surface area (Å²) in [5.41, 5.74) is 0. The molecule has 0 aliphatic carbocycles. The van der Waals surface area contributed by atoms with E-state index in [4.69, 9.17) is 0 Å². The van der Waals surface area contributed by atoms with Gasteiger partial charge in [-0.05, 0) is 25.7 Å². The Morgan fingerprint density at radius 1 is 1.33 bits per heavy atom. The Kier molecular flexibility index (Phi) is 4.06. The fraction of sp³-hybridized carbons (Fsp3) is 0.727. The summed E-state index contributed by atoms with van der Waals surface area (Å²) in [5.74, 6) is -0.296. The minimum absolute atomic E-state index is 0.0336. The molecule has 2 unspecified atom stereocenters. The lowest BCUT2D eigenvalue weighted by Gasteiger charge is -2.35. The van der Waals surface area contributed by atoms with E-state index < -0.39 is 10.0 Å². The number of nitrogens with zero attached hydrogens (tertiary/aromatic N) is 3. The summed E-state index contributed by atoms with van der Waals surface area (Å²) in [6, 6.07) is 0.0671. The van der Waals surface area contributed by atoms with E-state index in [1.165, 1.54) is 6.92 Å². The molecule has 1 amide bonds. The Labute approximate surface area is 135 Å². The van der Waals surface area contributed by atoms with Crippen LogP contribution in [-0.4, -0.2) is 45.7 Å². The summed E-state index contributed by atoms with van der Waals surface area (Å²) in [7, 11) is -3.63. The molecule has 1 aromatic heterocycles. The number of hydrogen-bond acceptors (Lipinski definition) is 6. The number of nitrogens with one attached hydrogen (secondary N) is 1. The molecule has 0 saturated carbocycles. The van der Waals surface area contributed by atoms with E-state index in [-0.39, 0.29) is 27.5 Å². The number of sulfonamides is 1. The third kappa shape index (κ3) is 2.86. The summed E-state index contributed by atoms with van der Waals surface area (Å²) in [5, 5.41) is 10.1. The molecule has 2 fully saturated rings. The fourth-order valence-corrected chi connectivity index (χ4v) is 6.86. The lowest BCUT2D eigenvalue weighted by molar-refractivity contribution is -0.114. The van der Waals surface area contributed by atoms with Crippen LogP contribution in [0.4, 0.5) is 5.13 Å². The van der Waals surface area contributed by atoms with Crippen LogP contribution >= 0.6 is 27.3 Å². The van der Waals surface area contributed by atoms with E-state index in [1.807, 2.05) is 0 Å². The quantitative estimate of drug-likeness (QED) is 0.620. The first-order chi connectivity index (χ1) is 9.88. The molecule has 3 heterocycles. The van der Waals surface area contributed by atoms with Crippen LogP contribution in [0.1, 0.15) is 32.6 Å². The van der Waals surface area contributed by atoms with Gasteiger partial charge in [0.1, 0.15) is 0 Å². The molecule has 1 N–H and O–H groups in total. The van der Waals surface area contributed by atoms with Gasteiger partial charge in [-0.3, -0.25) is 4.79 Å². The Hall–Kier alpha value is -0.580. The van der Waals surface area contributed by atoms with Crippen molar-refractivity contribution in [2.75, 3.05) is 5.32 Å². The molecule has 3 rings (SSSR count). The summed E-state index contributed by atoms with van der Waals surface area (Å²) >= 11 is 4.50. The van der Waals surface area contributed by atoms with Crippen LogP contribution < -0.4 is 5.32 Å². The number of halogens is 1. The predicted molar refractivity (Wildman–Crippen MR) is 82.0 cm³/mol. The van der Waals surface area contributed by atoms with Gasteiger partial charge in [0.2, 0.25) is 15.4 Å². The van der Waals surface area contributed by atoms with E-state index in [0.29, 0.717) is 4.83 Å². The molecule has 7 nitrogen and oxygen atoms in total. The van der Waals surface area contributed by atoms with E-state index in [9.17, 15) is 13.2 Å². The molecule has 0 radical (unpaired) electrons. The highest BCUT2D eigenvalue weighted by Gasteiger charge is 2.47. The fourth-order valence-electron chi connectivity index (χ4n) is 3.07. The van der Waals surface area contributed by atoms with Crippen LogP contribution in [0.5, 0.6) is 0 Å². The van der Waals surface area contributed by atoms with Crippen molar-refractivity contribution in [3.8, 4) is 0 Å². The zero-order valence-corrected chi connectivity index (χ0v) is 14.5. The van der Waals surface area contributed by atoms with Gasteiger partial charge in [0.25, 0.3) is 10.0 Å². The summed E-state index contributed by atoms with van der Waals surface area (Å²) in [6.45, 7) is 1.34. The second-order valence-corrected chi connectivity index (χ2v) is 9.63. The topological polar surface area (TPSA) is 92.3 Å². The predicted octanol–water partition coefficient (Wildman–Crippen LogP) is 1.58. The van der Waals surface area contributed by atoms with Crippen molar-refractivity contribution in [3.63, 3.8) is 0 Å². The maximum atomic E-state index is 12.8. The maximum Gasteiger partial charge on any atom is 0.272 e. The molecular weight excluding hydrogens is 380 g/mol.